The Kier molecular flexibility index (Phi) is 8.02. The zero-order valence-corrected chi connectivity index (χ0v) is 20.3. The molecule has 1 heterocycles. The lowest BCUT2D eigenvalue weighted by Gasteiger charge is -2.26. The Morgan fingerprint density at radius 2 is 1.57 bits per heavy atom. The quantitative estimate of drug-likeness (QED) is 0.470. The van der Waals surface area contributed by atoms with Crippen LogP contribution >= 0.6 is 0 Å². The first-order valence-corrected chi connectivity index (χ1v) is 12.9. The normalized spacial score (nSPS) is 15.2. The number of amides is 1. The second-order valence-corrected chi connectivity index (χ2v) is 10.1. The van der Waals surface area contributed by atoms with Crippen molar-refractivity contribution in [2.24, 2.45) is 0 Å². The molecule has 0 spiro atoms. The maximum atomic E-state index is 12.7. The summed E-state index contributed by atoms with van der Waals surface area (Å²) in [5, 5.41) is 5.97. The minimum Gasteiger partial charge on any atom is -0.489 e. The standard InChI is InChI=1S/C26H29N3O5S/c1-20(27-22-7-11-24(12-8-22)34-19-21-5-3-2-4-6-21)26(30)28-23-9-13-25(14-10-23)35(31,32)29-15-17-33-18-16-29/h2-14,20,27H,15-19H2,1H3,(H,28,30)/t20-/m1/s1. The van der Waals surface area contributed by atoms with Crippen LogP contribution in [0.5, 0.6) is 5.75 Å². The molecule has 0 radical (unpaired) electrons. The van der Waals surface area contributed by atoms with Crippen molar-refractivity contribution in [3.63, 3.8) is 0 Å². The van der Waals surface area contributed by atoms with Gasteiger partial charge in [0.15, 0.2) is 0 Å². The molecular weight excluding hydrogens is 466 g/mol. The molecule has 1 atom stereocenters. The zero-order chi connectivity index (χ0) is 24.7. The van der Waals surface area contributed by atoms with Crippen LogP contribution in [-0.2, 0) is 26.2 Å². The van der Waals surface area contributed by atoms with Crippen LogP contribution in [0.1, 0.15) is 12.5 Å². The van der Waals surface area contributed by atoms with Crippen molar-refractivity contribution in [3.8, 4) is 5.75 Å². The van der Waals surface area contributed by atoms with Crippen molar-refractivity contribution in [2.75, 3.05) is 36.9 Å². The summed E-state index contributed by atoms with van der Waals surface area (Å²) in [6.45, 7) is 3.70. The van der Waals surface area contributed by atoms with E-state index in [1.54, 1.807) is 19.1 Å². The second-order valence-electron chi connectivity index (χ2n) is 8.19. The summed E-state index contributed by atoms with van der Waals surface area (Å²) in [5.74, 6) is 0.502. The molecule has 0 aliphatic carbocycles. The van der Waals surface area contributed by atoms with E-state index < -0.39 is 16.1 Å². The van der Waals surface area contributed by atoms with E-state index in [0.717, 1.165) is 17.0 Å². The first-order chi connectivity index (χ1) is 16.9. The van der Waals surface area contributed by atoms with Gasteiger partial charge in [0, 0.05) is 24.5 Å². The fraction of sp³-hybridized carbons (Fsp3) is 0.269. The van der Waals surface area contributed by atoms with Crippen molar-refractivity contribution in [1.29, 1.82) is 0 Å². The topological polar surface area (TPSA) is 97.0 Å². The van der Waals surface area contributed by atoms with Crippen LogP contribution < -0.4 is 15.4 Å². The van der Waals surface area contributed by atoms with Gasteiger partial charge < -0.3 is 20.1 Å². The molecule has 9 heteroatoms. The number of morpholine rings is 1. The number of carbonyl (C=O) groups excluding carboxylic acids is 1. The third-order valence-corrected chi connectivity index (χ3v) is 7.52. The van der Waals surface area contributed by atoms with Crippen molar-refractivity contribution < 1.29 is 22.7 Å². The third-order valence-electron chi connectivity index (χ3n) is 5.61. The Morgan fingerprint density at radius 3 is 2.23 bits per heavy atom. The predicted molar refractivity (Wildman–Crippen MR) is 135 cm³/mol. The van der Waals surface area contributed by atoms with Gasteiger partial charge in [0.25, 0.3) is 0 Å². The van der Waals surface area contributed by atoms with Gasteiger partial charge in [0.05, 0.1) is 18.1 Å². The molecule has 4 rings (SSSR count). The van der Waals surface area contributed by atoms with E-state index in [9.17, 15) is 13.2 Å². The molecule has 0 aromatic heterocycles. The van der Waals surface area contributed by atoms with E-state index in [2.05, 4.69) is 10.6 Å². The highest BCUT2D eigenvalue weighted by molar-refractivity contribution is 7.89. The summed E-state index contributed by atoms with van der Waals surface area (Å²) in [5.41, 5.74) is 2.40. The summed E-state index contributed by atoms with van der Waals surface area (Å²) >= 11 is 0. The van der Waals surface area contributed by atoms with Crippen LogP contribution in [0, 0.1) is 0 Å². The molecular formula is C26H29N3O5S. The summed E-state index contributed by atoms with van der Waals surface area (Å²) < 4.78 is 37.9. The van der Waals surface area contributed by atoms with Crippen LogP contribution in [0.3, 0.4) is 0 Å². The maximum Gasteiger partial charge on any atom is 0.246 e. The molecule has 1 fully saturated rings. The molecule has 1 aliphatic rings. The summed E-state index contributed by atoms with van der Waals surface area (Å²) in [4.78, 5) is 12.8. The van der Waals surface area contributed by atoms with E-state index in [1.807, 2.05) is 54.6 Å². The maximum absolute atomic E-state index is 12.7. The molecule has 35 heavy (non-hydrogen) atoms. The van der Waals surface area contributed by atoms with Crippen molar-refractivity contribution >= 4 is 27.3 Å². The van der Waals surface area contributed by atoms with E-state index >= 15 is 0 Å². The highest BCUT2D eigenvalue weighted by atomic mass is 32.2. The number of hydrogen-bond acceptors (Lipinski definition) is 6. The molecule has 3 aromatic rings. The van der Waals surface area contributed by atoms with E-state index in [4.69, 9.17) is 9.47 Å². The van der Waals surface area contributed by atoms with Gasteiger partial charge in [-0.05, 0) is 61.0 Å². The van der Waals surface area contributed by atoms with E-state index in [-0.39, 0.29) is 10.8 Å². The highest BCUT2D eigenvalue weighted by Gasteiger charge is 2.26. The van der Waals surface area contributed by atoms with Crippen molar-refractivity contribution in [2.45, 2.75) is 24.5 Å². The number of nitrogens with zero attached hydrogens (tertiary/aromatic N) is 1. The third kappa shape index (κ3) is 6.60. The summed E-state index contributed by atoms with van der Waals surface area (Å²) in [6, 6.07) is 23.0. The van der Waals surface area contributed by atoms with Gasteiger partial charge in [-0.1, -0.05) is 30.3 Å². The summed E-state index contributed by atoms with van der Waals surface area (Å²) in [6.07, 6.45) is 0. The molecule has 184 valence electrons. The van der Waals surface area contributed by atoms with Crippen molar-refractivity contribution in [1.82, 2.24) is 4.31 Å². The molecule has 0 bridgehead atoms. The molecule has 1 aliphatic heterocycles. The molecule has 0 saturated carbocycles. The van der Waals surface area contributed by atoms with E-state index in [1.165, 1.54) is 16.4 Å². The van der Waals surface area contributed by atoms with E-state index in [0.29, 0.717) is 38.6 Å². The number of benzene rings is 3. The number of nitrogens with one attached hydrogen (secondary N) is 2. The Balaban J connectivity index is 1.28. The van der Waals surface area contributed by atoms with Crippen molar-refractivity contribution in [3.05, 3.63) is 84.4 Å². The van der Waals surface area contributed by atoms with Gasteiger partial charge in [0.2, 0.25) is 15.9 Å². The Labute approximate surface area is 205 Å². The fourth-order valence-electron chi connectivity index (χ4n) is 3.60. The molecule has 1 amide bonds. The SMILES string of the molecule is C[C@@H](Nc1ccc(OCc2ccccc2)cc1)C(=O)Nc1ccc(S(=O)(=O)N2CCOCC2)cc1. The van der Waals surface area contributed by atoms with Gasteiger partial charge in [0.1, 0.15) is 18.4 Å². The lowest BCUT2D eigenvalue weighted by molar-refractivity contribution is -0.116. The number of rotatable bonds is 9. The number of ether oxygens (including phenoxy) is 2. The number of sulfonamides is 1. The Hall–Kier alpha value is -3.40. The smallest absolute Gasteiger partial charge is 0.246 e. The molecule has 8 nitrogen and oxygen atoms in total. The Bertz CT molecular complexity index is 1210. The lowest BCUT2D eigenvalue weighted by Crippen LogP contribution is -2.40. The molecule has 1 saturated heterocycles. The molecule has 3 aromatic carbocycles. The van der Waals surface area contributed by atoms with Gasteiger partial charge in [-0.25, -0.2) is 8.42 Å². The molecule has 2 N–H and O–H groups in total. The zero-order valence-electron chi connectivity index (χ0n) is 19.5. The fourth-order valence-corrected chi connectivity index (χ4v) is 5.01. The Morgan fingerprint density at radius 1 is 0.943 bits per heavy atom. The van der Waals surface area contributed by atoms with Crippen LogP contribution in [-0.4, -0.2) is 51.0 Å². The van der Waals surface area contributed by atoms with Gasteiger partial charge in [-0.2, -0.15) is 4.31 Å². The van der Waals surface area contributed by atoms with Crippen LogP contribution in [0.4, 0.5) is 11.4 Å². The molecule has 0 unspecified atom stereocenters. The number of carbonyl (C=O) groups is 1. The van der Waals surface area contributed by atoms with Crippen LogP contribution in [0.2, 0.25) is 0 Å². The predicted octanol–water partition coefficient (Wildman–Crippen LogP) is 3.73. The van der Waals surface area contributed by atoms with Gasteiger partial charge in [-0.15, -0.1) is 0 Å². The van der Waals surface area contributed by atoms with Gasteiger partial charge >= 0.3 is 0 Å². The number of anilines is 2. The largest absolute Gasteiger partial charge is 0.489 e. The van der Waals surface area contributed by atoms with Crippen LogP contribution in [0.25, 0.3) is 0 Å². The first kappa shape index (κ1) is 24.7. The number of hydrogen-bond donors (Lipinski definition) is 2. The highest BCUT2D eigenvalue weighted by Crippen LogP contribution is 2.21. The van der Waals surface area contributed by atoms with Crippen LogP contribution in [0.15, 0.2) is 83.8 Å². The lowest BCUT2D eigenvalue weighted by atomic mass is 10.2. The summed E-state index contributed by atoms with van der Waals surface area (Å²) in [7, 11) is -3.57. The minimum atomic E-state index is -3.57. The first-order valence-electron chi connectivity index (χ1n) is 11.4. The minimum absolute atomic E-state index is 0.193. The average Bonchev–Trinajstić information content (AvgIpc) is 2.89. The second kappa shape index (κ2) is 11.4. The average molecular weight is 496 g/mol. The monoisotopic (exact) mass is 495 g/mol. The van der Waals surface area contributed by atoms with Gasteiger partial charge in [-0.3, -0.25) is 4.79 Å².